The molecule has 27 heavy (non-hydrogen) atoms. The van der Waals surface area contributed by atoms with Gasteiger partial charge in [0, 0.05) is 19.1 Å². The second-order valence-electron chi connectivity index (χ2n) is 6.75. The molecule has 0 aliphatic carbocycles. The number of benzene rings is 2. The molecule has 0 saturated carbocycles. The van der Waals surface area contributed by atoms with Gasteiger partial charge >= 0.3 is 0 Å². The third kappa shape index (κ3) is 5.24. The number of rotatable bonds is 8. The van der Waals surface area contributed by atoms with Gasteiger partial charge in [-0.1, -0.05) is 71.7 Å². The smallest absolute Gasteiger partial charge is 0.180 e. The van der Waals surface area contributed by atoms with Crippen LogP contribution in [-0.4, -0.2) is 37.7 Å². The molecule has 1 saturated heterocycles. The van der Waals surface area contributed by atoms with E-state index in [2.05, 4.69) is 5.32 Å². The summed E-state index contributed by atoms with van der Waals surface area (Å²) in [6.45, 7) is 1.61. The van der Waals surface area contributed by atoms with Gasteiger partial charge in [0.05, 0.1) is 23.3 Å². The fourth-order valence-corrected chi connectivity index (χ4v) is 5.69. The van der Waals surface area contributed by atoms with Crippen molar-refractivity contribution >= 4 is 33.0 Å². The zero-order valence-corrected chi connectivity index (χ0v) is 17.2. The molecule has 1 heterocycles. The van der Waals surface area contributed by atoms with E-state index < -0.39 is 20.2 Å². The third-order valence-corrected chi connectivity index (χ3v) is 7.74. The first-order valence-corrected chi connectivity index (χ1v) is 11.3. The van der Waals surface area contributed by atoms with Crippen molar-refractivity contribution in [2.24, 2.45) is 5.92 Å². The van der Waals surface area contributed by atoms with Gasteiger partial charge in [-0.25, -0.2) is 8.42 Å². The van der Waals surface area contributed by atoms with E-state index in [-0.39, 0.29) is 16.6 Å². The first kappa shape index (κ1) is 20.6. The van der Waals surface area contributed by atoms with Gasteiger partial charge in [-0.15, -0.1) is 0 Å². The molecule has 0 amide bonds. The van der Waals surface area contributed by atoms with Crippen molar-refractivity contribution in [2.45, 2.75) is 28.3 Å². The molecule has 2 atom stereocenters. The van der Waals surface area contributed by atoms with Gasteiger partial charge in [0.1, 0.15) is 4.33 Å². The predicted octanol–water partition coefficient (Wildman–Crippen LogP) is 3.83. The van der Waals surface area contributed by atoms with E-state index in [0.29, 0.717) is 26.2 Å². The quantitative estimate of drug-likeness (QED) is 0.513. The lowest BCUT2D eigenvalue weighted by atomic mass is 10.0. The minimum absolute atomic E-state index is 0.0763. The zero-order valence-electron chi connectivity index (χ0n) is 14.9. The highest BCUT2D eigenvalue weighted by Gasteiger charge is 2.49. The summed E-state index contributed by atoms with van der Waals surface area (Å²) in [5.74, 6) is -0.210. The van der Waals surface area contributed by atoms with Crippen molar-refractivity contribution in [3.63, 3.8) is 0 Å². The number of halogens is 2. The number of hydrogen-bond donors (Lipinski definition) is 1. The first-order chi connectivity index (χ1) is 12.9. The fourth-order valence-electron chi connectivity index (χ4n) is 3.24. The van der Waals surface area contributed by atoms with Gasteiger partial charge in [-0.05, 0) is 24.1 Å². The molecule has 2 aromatic carbocycles. The maximum atomic E-state index is 12.6. The lowest BCUT2D eigenvalue weighted by Gasteiger charge is -2.27. The van der Waals surface area contributed by atoms with E-state index in [9.17, 15) is 8.42 Å². The number of nitrogens with one attached hydrogen (secondary N) is 1. The van der Waals surface area contributed by atoms with Gasteiger partial charge in [0.25, 0.3) is 0 Å². The van der Waals surface area contributed by atoms with Crippen LogP contribution in [0.2, 0.25) is 0 Å². The summed E-state index contributed by atoms with van der Waals surface area (Å²) in [7, 11) is -3.46. The van der Waals surface area contributed by atoms with Crippen LogP contribution >= 0.6 is 23.2 Å². The van der Waals surface area contributed by atoms with Crippen LogP contribution in [0, 0.1) is 5.92 Å². The van der Waals surface area contributed by atoms with Gasteiger partial charge in [0.2, 0.25) is 0 Å². The molecule has 0 radical (unpaired) electrons. The van der Waals surface area contributed by atoms with Crippen molar-refractivity contribution < 1.29 is 13.2 Å². The summed E-state index contributed by atoms with van der Waals surface area (Å²) in [6, 6.07) is 17.8. The van der Waals surface area contributed by atoms with Gasteiger partial charge in [-0.2, -0.15) is 0 Å². The normalized spacial score (nSPS) is 22.0. The summed E-state index contributed by atoms with van der Waals surface area (Å²) in [6.07, 6.45) is 0.661. The molecule has 1 aliphatic rings. The molecule has 1 fully saturated rings. The summed E-state index contributed by atoms with van der Waals surface area (Å²) in [5, 5.41) is 3.18. The Bertz CT molecular complexity index is 829. The third-order valence-electron chi connectivity index (χ3n) is 4.83. The second kappa shape index (κ2) is 8.93. The van der Waals surface area contributed by atoms with Crippen LogP contribution in [0.3, 0.4) is 0 Å². The molecule has 1 aliphatic heterocycles. The molecule has 0 bridgehead atoms. The Balaban J connectivity index is 1.53. The van der Waals surface area contributed by atoms with E-state index in [1.54, 1.807) is 30.3 Å². The Kier molecular flexibility index (Phi) is 6.82. The van der Waals surface area contributed by atoms with Crippen LogP contribution in [0.4, 0.5) is 0 Å². The van der Waals surface area contributed by atoms with E-state index in [4.69, 9.17) is 27.9 Å². The monoisotopic (exact) mass is 427 g/mol. The molecular weight excluding hydrogens is 405 g/mol. The van der Waals surface area contributed by atoms with Gasteiger partial charge < -0.3 is 10.1 Å². The molecule has 0 spiro atoms. The van der Waals surface area contributed by atoms with Crippen LogP contribution in [0.25, 0.3) is 0 Å². The fraction of sp³-hybridized carbons (Fsp3) is 0.400. The Morgan fingerprint density at radius 3 is 2.33 bits per heavy atom. The Hall–Kier alpha value is -1.11. The lowest BCUT2D eigenvalue weighted by Crippen LogP contribution is -2.42. The summed E-state index contributed by atoms with van der Waals surface area (Å²) >= 11 is 13.1. The molecule has 0 aromatic heterocycles. The number of sulfone groups is 1. The summed E-state index contributed by atoms with van der Waals surface area (Å²) < 4.78 is 29.8. The minimum atomic E-state index is -3.46. The minimum Gasteiger partial charge on any atom is -0.377 e. The molecule has 146 valence electrons. The first-order valence-electron chi connectivity index (χ1n) is 8.90. The molecular formula is C20H23Cl2NO3S. The molecule has 4 nitrogen and oxygen atoms in total. The zero-order chi connectivity index (χ0) is 19.3. The molecule has 7 heteroatoms. The van der Waals surface area contributed by atoms with Gasteiger partial charge in [-0.3, -0.25) is 0 Å². The van der Waals surface area contributed by atoms with Crippen LogP contribution in [0.15, 0.2) is 65.6 Å². The summed E-state index contributed by atoms with van der Waals surface area (Å²) in [4.78, 5) is 0.283. The summed E-state index contributed by atoms with van der Waals surface area (Å²) in [5.41, 5.74) is 1.11. The largest absolute Gasteiger partial charge is 0.377 e. The van der Waals surface area contributed by atoms with Crippen molar-refractivity contribution in [3.05, 3.63) is 66.2 Å². The van der Waals surface area contributed by atoms with Crippen LogP contribution in [0.1, 0.15) is 12.0 Å². The highest BCUT2D eigenvalue weighted by Crippen LogP contribution is 2.41. The van der Waals surface area contributed by atoms with Crippen LogP contribution in [-0.2, 0) is 21.2 Å². The van der Waals surface area contributed by atoms with E-state index in [0.717, 1.165) is 5.56 Å². The predicted molar refractivity (Wildman–Crippen MR) is 109 cm³/mol. The Labute approximate surface area is 170 Å². The van der Waals surface area contributed by atoms with E-state index in [1.807, 2.05) is 30.3 Å². The van der Waals surface area contributed by atoms with E-state index >= 15 is 0 Å². The Morgan fingerprint density at radius 1 is 1.04 bits per heavy atom. The van der Waals surface area contributed by atoms with Crippen molar-refractivity contribution in [1.82, 2.24) is 5.32 Å². The molecule has 1 N–H and O–H groups in total. The average Bonchev–Trinajstić information content (AvgIpc) is 2.94. The van der Waals surface area contributed by atoms with Crippen LogP contribution in [0.5, 0.6) is 0 Å². The standard InChI is InChI=1S/C20H23Cl2NO3S/c21-20(22)17(11-12-26-14-16-7-3-1-4-8-16)13-23-19(20)15-27(24,25)18-9-5-2-6-10-18/h1-10,17,19,23H,11-15H2/t17-,19-/m0/s1. The van der Waals surface area contributed by atoms with Crippen molar-refractivity contribution in [1.29, 1.82) is 0 Å². The van der Waals surface area contributed by atoms with Gasteiger partial charge in [0.15, 0.2) is 9.84 Å². The molecule has 3 rings (SSSR count). The lowest BCUT2D eigenvalue weighted by molar-refractivity contribution is 0.108. The van der Waals surface area contributed by atoms with Crippen molar-refractivity contribution in [2.75, 3.05) is 18.9 Å². The topological polar surface area (TPSA) is 55.4 Å². The highest BCUT2D eigenvalue weighted by atomic mass is 35.5. The number of ether oxygens (including phenoxy) is 1. The van der Waals surface area contributed by atoms with Crippen molar-refractivity contribution in [3.8, 4) is 0 Å². The number of alkyl halides is 2. The molecule has 0 unspecified atom stereocenters. The average molecular weight is 428 g/mol. The second-order valence-corrected chi connectivity index (χ2v) is 10.2. The highest BCUT2D eigenvalue weighted by molar-refractivity contribution is 7.91. The van der Waals surface area contributed by atoms with Crippen LogP contribution < -0.4 is 5.32 Å². The SMILES string of the molecule is O=S(=O)(C[C@@H]1NC[C@H](CCOCc2ccccc2)C1(Cl)Cl)c1ccccc1. The molecule has 2 aromatic rings. The van der Waals surface area contributed by atoms with E-state index in [1.165, 1.54) is 0 Å². The Morgan fingerprint density at radius 2 is 1.67 bits per heavy atom. The maximum Gasteiger partial charge on any atom is 0.180 e. The number of hydrogen-bond acceptors (Lipinski definition) is 4. The maximum absolute atomic E-state index is 12.6.